The minimum absolute atomic E-state index is 0.0747. The fourth-order valence-corrected chi connectivity index (χ4v) is 3.82. The normalized spacial score (nSPS) is 18.2. The molecule has 0 spiro atoms. The lowest BCUT2D eigenvalue weighted by Crippen LogP contribution is -2.42. The lowest BCUT2D eigenvalue weighted by atomic mass is 9.97. The SMILES string of the molecule is CC#CCOc1cc(F)ncn1.CC#CCOc1cc(N2CCCC(C(F)(F)F)C2)ncn1.CC1CCCNC1. The summed E-state index contributed by atoms with van der Waals surface area (Å²) in [5, 5.41) is 3.33. The first-order chi connectivity index (χ1) is 19.2. The molecular formula is C28H36F4N6O2. The number of anilines is 1. The first kappa shape index (κ1) is 32.6. The summed E-state index contributed by atoms with van der Waals surface area (Å²) in [5.41, 5.74) is 0. The highest BCUT2D eigenvalue weighted by atomic mass is 19.4. The van der Waals surface area contributed by atoms with E-state index in [4.69, 9.17) is 9.47 Å². The molecule has 12 heteroatoms. The average molecular weight is 565 g/mol. The fourth-order valence-electron chi connectivity index (χ4n) is 3.82. The Morgan fingerprint density at radius 2 is 1.60 bits per heavy atom. The van der Waals surface area contributed by atoms with Crippen LogP contribution in [0.4, 0.5) is 23.4 Å². The van der Waals surface area contributed by atoms with E-state index in [2.05, 4.69) is 55.9 Å². The van der Waals surface area contributed by atoms with E-state index >= 15 is 0 Å². The van der Waals surface area contributed by atoms with E-state index in [9.17, 15) is 17.6 Å². The summed E-state index contributed by atoms with van der Waals surface area (Å²) in [7, 11) is 0. The fraction of sp³-hybridized carbons (Fsp3) is 0.571. The molecular weight excluding hydrogens is 528 g/mol. The highest BCUT2D eigenvalue weighted by molar-refractivity contribution is 5.41. The molecule has 2 atom stereocenters. The summed E-state index contributed by atoms with van der Waals surface area (Å²) in [6.45, 7) is 9.05. The van der Waals surface area contributed by atoms with Gasteiger partial charge in [0.1, 0.15) is 18.5 Å². The number of nitrogens with one attached hydrogen (secondary N) is 1. The minimum Gasteiger partial charge on any atom is -0.464 e. The molecule has 1 N–H and O–H groups in total. The number of nitrogens with zero attached hydrogens (tertiary/aromatic N) is 5. The molecule has 2 saturated heterocycles. The van der Waals surface area contributed by atoms with Crippen molar-refractivity contribution in [3.05, 3.63) is 30.7 Å². The number of rotatable bonds is 5. The molecule has 0 amide bonds. The Morgan fingerprint density at radius 3 is 2.12 bits per heavy atom. The molecule has 2 aromatic heterocycles. The molecule has 4 heterocycles. The Labute approximate surface area is 233 Å². The number of hydrogen-bond donors (Lipinski definition) is 1. The van der Waals surface area contributed by atoms with E-state index in [-0.39, 0.29) is 32.1 Å². The van der Waals surface area contributed by atoms with Gasteiger partial charge in [-0.05, 0) is 58.5 Å². The number of ether oxygens (including phenoxy) is 2. The van der Waals surface area contributed by atoms with Crippen LogP contribution in [0.25, 0.3) is 0 Å². The molecule has 0 bridgehead atoms. The summed E-state index contributed by atoms with van der Waals surface area (Å²) in [5.74, 6) is 10.7. The predicted molar refractivity (Wildman–Crippen MR) is 144 cm³/mol. The zero-order chi connectivity index (χ0) is 29.2. The van der Waals surface area contributed by atoms with E-state index in [0.717, 1.165) is 18.3 Å². The van der Waals surface area contributed by atoms with E-state index in [1.807, 2.05) is 0 Å². The Kier molecular flexibility index (Phi) is 14.5. The Morgan fingerprint density at radius 1 is 0.950 bits per heavy atom. The molecule has 2 fully saturated rings. The lowest BCUT2D eigenvalue weighted by Gasteiger charge is -2.34. The van der Waals surface area contributed by atoms with Crippen LogP contribution < -0.4 is 19.7 Å². The van der Waals surface area contributed by atoms with Gasteiger partial charge in [0.05, 0.1) is 12.0 Å². The maximum absolute atomic E-state index is 12.8. The predicted octanol–water partition coefficient (Wildman–Crippen LogP) is 4.68. The molecule has 2 aliphatic rings. The first-order valence-corrected chi connectivity index (χ1v) is 13.1. The smallest absolute Gasteiger partial charge is 0.393 e. The van der Waals surface area contributed by atoms with Gasteiger partial charge in [-0.3, -0.25) is 0 Å². The molecule has 218 valence electrons. The van der Waals surface area contributed by atoms with Crippen molar-refractivity contribution >= 4 is 5.82 Å². The summed E-state index contributed by atoms with van der Waals surface area (Å²) in [4.78, 5) is 16.5. The number of hydrogen-bond acceptors (Lipinski definition) is 8. The standard InChI is InChI=1S/C14H16F3N3O.C8H7FN2O.C6H13N/c1-2-3-7-21-13-8-12(18-10-19-13)20-6-4-5-11(9-20)14(15,16)17;1-2-3-4-12-8-5-7(9)10-6-11-8;1-6-3-2-4-7-5-6/h8,10-11H,4-7,9H2,1H3;5-6H,4H2,1H3;6-7H,2-5H2,1H3. The van der Waals surface area contributed by atoms with Gasteiger partial charge in [0.25, 0.3) is 0 Å². The van der Waals surface area contributed by atoms with Crippen LogP contribution in [0.15, 0.2) is 24.8 Å². The van der Waals surface area contributed by atoms with Gasteiger partial charge in [-0.15, -0.1) is 11.8 Å². The van der Waals surface area contributed by atoms with E-state index in [1.165, 1.54) is 32.3 Å². The lowest BCUT2D eigenvalue weighted by molar-refractivity contribution is -0.176. The molecule has 0 aliphatic carbocycles. The van der Waals surface area contributed by atoms with Gasteiger partial charge < -0.3 is 19.7 Å². The monoisotopic (exact) mass is 564 g/mol. The molecule has 2 aromatic rings. The number of halogens is 4. The van der Waals surface area contributed by atoms with Crippen molar-refractivity contribution in [2.45, 2.75) is 52.6 Å². The van der Waals surface area contributed by atoms with Crippen LogP contribution >= 0.6 is 0 Å². The summed E-state index contributed by atoms with van der Waals surface area (Å²) < 4.78 is 61.1. The topological polar surface area (TPSA) is 85.3 Å². The van der Waals surface area contributed by atoms with Crippen molar-refractivity contribution in [1.82, 2.24) is 25.3 Å². The minimum atomic E-state index is -4.16. The van der Waals surface area contributed by atoms with Crippen molar-refractivity contribution < 1.29 is 27.0 Å². The van der Waals surface area contributed by atoms with Crippen LogP contribution in [0, 0.1) is 41.5 Å². The average Bonchev–Trinajstić information content (AvgIpc) is 2.94. The summed E-state index contributed by atoms with van der Waals surface area (Å²) >= 11 is 0. The highest BCUT2D eigenvalue weighted by Crippen LogP contribution is 2.34. The second-order valence-electron chi connectivity index (χ2n) is 9.10. The summed E-state index contributed by atoms with van der Waals surface area (Å²) in [6.07, 6.45) is 1.69. The molecule has 0 radical (unpaired) electrons. The van der Waals surface area contributed by atoms with Crippen LogP contribution in [0.3, 0.4) is 0 Å². The van der Waals surface area contributed by atoms with Gasteiger partial charge in [-0.1, -0.05) is 18.8 Å². The van der Waals surface area contributed by atoms with Crippen molar-refractivity contribution in [1.29, 1.82) is 0 Å². The van der Waals surface area contributed by atoms with E-state index in [1.54, 1.807) is 24.8 Å². The van der Waals surface area contributed by atoms with Gasteiger partial charge in [0.2, 0.25) is 17.7 Å². The third-order valence-electron chi connectivity index (χ3n) is 5.93. The van der Waals surface area contributed by atoms with E-state index in [0.29, 0.717) is 24.7 Å². The number of aromatic nitrogens is 4. The third kappa shape index (κ3) is 12.9. The maximum Gasteiger partial charge on any atom is 0.393 e. The Hall–Kier alpha value is -3.64. The summed E-state index contributed by atoms with van der Waals surface area (Å²) in [6, 6.07) is 2.66. The van der Waals surface area contributed by atoms with Crippen LogP contribution in [0.1, 0.15) is 46.5 Å². The van der Waals surface area contributed by atoms with Crippen molar-refractivity contribution in [2.24, 2.45) is 11.8 Å². The van der Waals surface area contributed by atoms with Crippen molar-refractivity contribution in [2.75, 3.05) is 44.3 Å². The molecule has 40 heavy (non-hydrogen) atoms. The first-order valence-electron chi connectivity index (χ1n) is 13.1. The highest BCUT2D eigenvalue weighted by Gasteiger charge is 2.42. The Balaban J connectivity index is 0.000000246. The molecule has 2 aliphatic heterocycles. The second kappa shape index (κ2) is 17.9. The zero-order valence-corrected chi connectivity index (χ0v) is 23.1. The van der Waals surface area contributed by atoms with Gasteiger partial charge in [-0.2, -0.15) is 17.6 Å². The zero-order valence-electron chi connectivity index (χ0n) is 23.1. The Bertz CT molecular complexity index is 1140. The second-order valence-corrected chi connectivity index (χ2v) is 9.10. The van der Waals surface area contributed by atoms with Gasteiger partial charge in [0.15, 0.2) is 13.2 Å². The van der Waals surface area contributed by atoms with Crippen LogP contribution in [-0.4, -0.2) is 65.5 Å². The molecule has 0 aromatic carbocycles. The van der Waals surface area contributed by atoms with Gasteiger partial charge >= 0.3 is 6.18 Å². The largest absolute Gasteiger partial charge is 0.464 e. The number of alkyl halides is 3. The van der Waals surface area contributed by atoms with Crippen molar-refractivity contribution in [3.63, 3.8) is 0 Å². The van der Waals surface area contributed by atoms with Crippen LogP contribution in [-0.2, 0) is 0 Å². The molecule has 2 unspecified atom stereocenters. The number of piperidine rings is 2. The van der Waals surface area contributed by atoms with E-state index < -0.39 is 18.0 Å². The van der Waals surface area contributed by atoms with Crippen LogP contribution in [0.5, 0.6) is 11.8 Å². The molecule has 0 saturated carbocycles. The quantitative estimate of drug-likeness (QED) is 0.319. The van der Waals surface area contributed by atoms with Gasteiger partial charge in [-0.25, -0.2) is 19.9 Å². The molecule has 4 rings (SSSR count). The van der Waals surface area contributed by atoms with Crippen LogP contribution in [0.2, 0.25) is 0 Å². The third-order valence-corrected chi connectivity index (χ3v) is 5.93. The maximum atomic E-state index is 12.8. The molecule has 8 nitrogen and oxygen atoms in total. The van der Waals surface area contributed by atoms with Gasteiger partial charge in [0, 0.05) is 19.2 Å². The van der Waals surface area contributed by atoms with Crippen molar-refractivity contribution in [3.8, 4) is 35.4 Å².